The van der Waals surface area contributed by atoms with Crippen molar-refractivity contribution < 1.29 is 10.2 Å². The first kappa shape index (κ1) is 21.5. The molecule has 1 fully saturated rings. The molecule has 29 heavy (non-hydrogen) atoms. The zero-order valence-corrected chi connectivity index (χ0v) is 18.4. The summed E-state index contributed by atoms with van der Waals surface area (Å²) in [5.74, 6) is -0.459. The number of nitrogens with one attached hydrogen (secondary N) is 1. The van der Waals surface area contributed by atoms with Crippen LogP contribution in [-0.4, -0.2) is 38.6 Å². The number of aliphatic imine (C=N–C) groups is 1. The van der Waals surface area contributed by atoms with Gasteiger partial charge in [0.25, 0.3) is 5.56 Å². The Morgan fingerprint density at radius 3 is 2.52 bits per heavy atom. The van der Waals surface area contributed by atoms with Crippen molar-refractivity contribution >= 4 is 22.1 Å². The summed E-state index contributed by atoms with van der Waals surface area (Å²) in [6, 6.07) is 6.77. The minimum absolute atomic E-state index is 0.0103. The lowest BCUT2D eigenvalue weighted by Gasteiger charge is -2.44. The molecular weight excluding hydrogens is 438 g/mol. The van der Waals surface area contributed by atoms with E-state index in [0.29, 0.717) is 18.7 Å². The van der Waals surface area contributed by atoms with Crippen LogP contribution in [0.3, 0.4) is 0 Å². The molecule has 7 nitrogen and oxygen atoms in total. The van der Waals surface area contributed by atoms with Crippen LogP contribution in [0.5, 0.6) is 5.88 Å². The maximum absolute atomic E-state index is 12.2. The Hall–Kier alpha value is -2.19. The molecule has 0 unspecified atom stereocenters. The maximum Gasteiger partial charge on any atom is 0.335 e. The fraction of sp³-hybridized carbons (Fsp3) is 0.476. The molecule has 1 saturated carbocycles. The number of aliphatic hydroxyl groups is 1. The van der Waals surface area contributed by atoms with E-state index in [9.17, 15) is 19.8 Å². The van der Waals surface area contributed by atoms with Gasteiger partial charge in [-0.2, -0.15) is 0 Å². The van der Waals surface area contributed by atoms with Gasteiger partial charge in [-0.3, -0.25) is 14.8 Å². The van der Waals surface area contributed by atoms with Crippen LogP contribution in [0.2, 0.25) is 0 Å². The normalized spacial score (nSPS) is 24.1. The van der Waals surface area contributed by atoms with E-state index in [-0.39, 0.29) is 22.5 Å². The lowest BCUT2D eigenvalue weighted by Crippen LogP contribution is -2.40. The molecule has 8 heteroatoms. The summed E-state index contributed by atoms with van der Waals surface area (Å²) in [5.41, 5.74) is -1.27. The van der Waals surface area contributed by atoms with Crippen molar-refractivity contribution in [3.63, 3.8) is 0 Å². The molecule has 0 amide bonds. The SMILES string of the molecule is CC1(C)C[C@@H](O)C[C@@](C)(CN=Cc2c(O)n(-c3ccc(Br)cc3)c(=O)[nH]c2=O)C1. The molecule has 0 saturated heterocycles. The van der Waals surface area contributed by atoms with Crippen molar-refractivity contribution in [1.82, 2.24) is 9.55 Å². The molecule has 2 atom stereocenters. The van der Waals surface area contributed by atoms with E-state index in [1.807, 2.05) is 0 Å². The third kappa shape index (κ3) is 4.87. The number of nitrogens with zero attached hydrogens (tertiary/aromatic N) is 2. The van der Waals surface area contributed by atoms with Crippen LogP contribution < -0.4 is 11.2 Å². The molecule has 156 valence electrons. The number of aromatic nitrogens is 2. The molecule has 0 bridgehead atoms. The van der Waals surface area contributed by atoms with Gasteiger partial charge in [0.1, 0.15) is 5.56 Å². The Morgan fingerprint density at radius 2 is 1.90 bits per heavy atom. The number of hydrogen-bond donors (Lipinski definition) is 3. The first-order valence-corrected chi connectivity index (χ1v) is 10.3. The lowest BCUT2D eigenvalue weighted by molar-refractivity contribution is -0.00472. The van der Waals surface area contributed by atoms with Crippen LogP contribution >= 0.6 is 15.9 Å². The van der Waals surface area contributed by atoms with E-state index >= 15 is 0 Å². The minimum atomic E-state index is -0.726. The van der Waals surface area contributed by atoms with Crippen molar-refractivity contribution in [2.24, 2.45) is 15.8 Å². The van der Waals surface area contributed by atoms with Crippen molar-refractivity contribution in [2.45, 2.75) is 46.1 Å². The fourth-order valence-corrected chi connectivity index (χ4v) is 4.81. The number of halogens is 1. The monoisotopic (exact) mass is 463 g/mol. The van der Waals surface area contributed by atoms with Gasteiger partial charge >= 0.3 is 5.69 Å². The van der Waals surface area contributed by atoms with Crippen LogP contribution in [0.1, 0.15) is 45.6 Å². The Kier molecular flexibility index (Phi) is 5.87. The standard InChI is InChI=1S/C21H26BrN3O4/c1-20(2)8-15(26)9-21(3,11-20)12-23-10-16-17(27)24-19(29)25(18(16)28)14-6-4-13(22)5-7-14/h4-7,10,15,26,28H,8-9,11-12H2,1-3H3,(H,24,27,29)/t15-,21-/m1/s1. The molecule has 1 aromatic carbocycles. The summed E-state index contributed by atoms with van der Waals surface area (Å²) in [7, 11) is 0. The second-order valence-corrected chi connectivity index (χ2v) is 9.91. The highest BCUT2D eigenvalue weighted by atomic mass is 79.9. The zero-order valence-electron chi connectivity index (χ0n) is 16.8. The van der Waals surface area contributed by atoms with E-state index in [0.717, 1.165) is 21.9 Å². The number of benzene rings is 1. The molecular formula is C21H26BrN3O4. The minimum Gasteiger partial charge on any atom is -0.493 e. The van der Waals surface area contributed by atoms with Crippen LogP contribution in [0.25, 0.3) is 5.69 Å². The summed E-state index contributed by atoms with van der Waals surface area (Å²) < 4.78 is 1.86. The van der Waals surface area contributed by atoms with Crippen molar-refractivity contribution in [3.05, 3.63) is 55.1 Å². The molecule has 3 N–H and O–H groups in total. The average molecular weight is 464 g/mol. The molecule has 3 rings (SSSR count). The van der Waals surface area contributed by atoms with Gasteiger partial charge in [0.15, 0.2) is 0 Å². The Balaban J connectivity index is 1.91. The molecule has 0 spiro atoms. The van der Waals surface area contributed by atoms with Gasteiger partial charge < -0.3 is 10.2 Å². The Morgan fingerprint density at radius 1 is 1.24 bits per heavy atom. The van der Waals surface area contributed by atoms with E-state index in [1.54, 1.807) is 24.3 Å². The topological polar surface area (TPSA) is 108 Å². The number of rotatable bonds is 4. The zero-order chi connectivity index (χ0) is 21.4. The van der Waals surface area contributed by atoms with Crippen LogP contribution in [0, 0.1) is 10.8 Å². The first-order chi connectivity index (χ1) is 13.5. The lowest BCUT2D eigenvalue weighted by atomic mass is 9.63. The highest BCUT2D eigenvalue weighted by molar-refractivity contribution is 9.10. The summed E-state index contributed by atoms with van der Waals surface area (Å²) in [6.07, 6.45) is 3.21. The van der Waals surface area contributed by atoms with Crippen LogP contribution in [0.4, 0.5) is 0 Å². The molecule has 2 aromatic rings. The van der Waals surface area contributed by atoms with Crippen molar-refractivity contribution in [1.29, 1.82) is 0 Å². The van der Waals surface area contributed by atoms with Gasteiger partial charge in [-0.25, -0.2) is 9.36 Å². The molecule has 1 aliphatic rings. The fourth-order valence-electron chi connectivity index (χ4n) is 4.54. The molecule has 1 aromatic heterocycles. The van der Waals surface area contributed by atoms with E-state index in [1.165, 1.54) is 6.21 Å². The number of H-pyrrole nitrogens is 1. The van der Waals surface area contributed by atoms with Crippen LogP contribution in [-0.2, 0) is 0 Å². The molecule has 0 aliphatic heterocycles. The van der Waals surface area contributed by atoms with Gasteiger partial charge in [0.05, 0.1) is 11.8 Å². The van der Waals surface area contributed by atoms with E-state index in [2.05, 4.69) is 46.7 Å². The smallest absolute Gasteiger partial charge is 0.335 e. The second-order valence-electron chi connectivity index (χ2n) is 8.99. The predicted octanol–water partition coefficient (Wildman–Crippen LogP) is 2.99. The molecule has 1 heterocycles. The Labute approximate surface area is 177 Å². The van der Waals surface area contributed by atoms with Gasteiger partial charge in [0.2, 0.25) is 5.88 Å². The predicted molar refractivity (Wildman–Crippen MR) is 116 cm³/mol. The number of hydrogen-bond acceptors (Lipinski definition) is 5. The molecule has 0 radical (unpaired) electrons. The number of aromatic hydroxyl groups is 1. The van der Waals surface area contributed by atoms with Gasteiger partial charge in [-0.15, -0.1) is 0 Å². The first-order valence-electron chi connectivity index (χ1n) is 9.52. The molecule has 1 aliphatic carbocycles. The highest BCUT2D eigenvalue weighted by Gasteiger charge is 2.40. The number of aromatic amines is 1. The van der Waals surface area contributed by atoms with E-state index in [4.69, 9.17) is 0 Å². The average Bonchev–Trinajstić information content (AvgIpc) is 2.57. The second kappa shape index (κ2) is 7.91. The largest absolute Gasteiger partial charge is 0.493 e. The van der Waals surface area contributed by atoms with Gasteiger partial charge in [-0.05, 0) is 54.4 Å². The van der Waals surface area contributed by atoms with Crippen molar-refractivity contribution in [3.8, 4) is 11.6 Å². The summed E-state index contributed by atoms with van der Waals surface area (Å²) >= 11 is 3.32. The third-order valence-electron chi connectivity index (χ3n) is 5.32. The Bertz CT molecular complexity index is 1040. The number of aliphatic hydroxyl groups excluding tert-OH is 1. The summed E-state index contributed by atoms with van der Waals surface area (Å²) in [6.45, 7) is 6.73. The van der Waals surface area contributed by atoms with Gasteiger partial charge in [0, 0.05) is 17.2 Å². The highest BCUT2D eigenvalue weighted by Crippen LogP contribution is 2.46. The quantitative estimate of drug-likeness (QED) is 0.605. The maximum atomic E-state index is 12.2. The summed E-state index contributed by atoms with van der Waals surface area (Å²) in [5, 5.41) is 20.8. The van der Waals surface area contributed by atoms with Gasteiger partial charge in [-0.1, -0.05) is 36.7 Å². The third-order valence-corrected chi connectivity index (χ3v) is 5.85. The van der Waals surface area contributed by atoms with Crippen LogP contribution in [0.15, 0.2) is 43.3 Å². The summed E-state index contributed by atoms with van der Waals surface area (Å²) in [4.78, 5) is 31.1. The van der Waals surface area contributed by atoms with E-state index < -0.39 is 17.1 Å². The van der Waals surface area contributed by atoms with Crippen molar-refractivity contribution in [2.75, 3.05) is 6.54 Å².